The zero-order valence-corrected chi connectivity index (χ0v) is 9.95. The molecule has 0 aliphatic heterocycles. The molecule has 0 aliphatic rings. The highest BCUT2D eigenvalue weighted by atomic mass is 15.0. The summed E-state index contributed by atoms with van der Waals surface area (Å²) in [5, 5.41) is 3.38. The molecule has 0 aliphatic carbocycles. The van der Waals surface area contributed by atoms with Gasteiger partial charge in [0, 0.05) is 37.9 Å². The number of imidazole rings is 1. The minimum atomic E-state index is 0.768. The van der Waals surface area contributed by atoms with E-state index in [1.807, 2.05) is 53.3 Å². The summed E-state index contributed by atoms with van der Waals surface area (Å²) in [5.41, 5.74) is 3.27. The van der Waals surface area contributed by atoms with Crippen LogP contribution in [0, 0.1) is 0 Å². The summed E-state index contributed by atoms with van der Waals surface area (Å²) in [6, 6.07) is 10.0. The molecule has 3 rings (SSSR count). The van der Waals surface area contributed by atoms with Crippen molar-refractivity contribution in [2.45, 2.75) is 13.1 Å². The van der Waals surface area contributed by atoms with Crippen molar-refractivity contribution in [2.24, 2.45) is 0 Å². The number of pyridine rings is 2. The number of hydrogen-bond acceptors (Lipinski definition) is 3. The highest BCUT2D eigenvalue weighted by Gasteiger charge is 2.00. The van der Waals surface area contributed by atoms with E-state index in [1.54, 1.807) is 0 Å². The van der Waals surface area contributed by atoms with E-state index in [0.29, 0.717) is 0 Å². The Morgan fingerprint density at radius 2 is 1.94 bits per heavy atom. The van der Waals surface area contributed by atoms with Gasteiger partial charge in [-0.2, -0.15) is 0 Å². The summed E-state index contributed by atoms with van der Waals surface area (Å²) in [4.78, 5) is 8.53. The summed E-state index contributed by atoms with van der Waals surface area (Å²) in [6.45, 7) is 1.60. The molecule has 4 heteroatoms. The van der Waals surface area contributed by atoms with Crippen molar-refractivity contribution in [1.29, 1.82) is 0 Å². The van der Waals surface area contributed by atoms with Gasteiger partial charge < -0.3 is 9.72 Å². The lowest BCUT2D eigenvalue weighted by atomic mass is 10.3. The predicted octanol–water partition coefficient (Wildman–Crippen LogP) is 2.02. The Morgan fingerprint density at radius 3 is 2.78 bits per heavy atom. The van der Waals surface area contributed by atoms with Gasteiger partial charge in [-0.15, -0.1) is 0 Å². The molecule has 0 fully saturated rings. The van der Waals surface area contributed by atoms with Crippen LogP contribution < -0.4 is 5.32 Å². The van der Waals surface area contributed by atoms with Gasteiger partial charge in [-0.3, -0.25) is 4.98 Å². The van der Waals surface area contributed by atoms with Crippen molar-refractivity contribution in [1.82, 2.24) is 19.7 Å². The molecule has 0 amide bonds. The molecule has 18 heavy (non-hydrogen) atoms. The van der Waals surface area contributed by atoms with Crippen LogP contribution >= 0.6 is 0 Å². The molecule has 0 saturated heterocycles. The van der Waals surface area contributed by atoms with Crippen LogP contribution in [0.5, 0.6) is 0 Å². The van der Waals surface area contributed by atoms with Gasteiger partial charge in [0.25, 0.3) is 0 Å². The monoisotopic (exact) mass is 238 g/mol. The number of aromatic nitrogens is 3. The standard InChI is InChI=1S/C14H14N4/c1-2-8-18-11-13(17-14(18)3-1)10-16-9-12-4-6-15-7-5-12/h1-8,11,16H,9-10H2. The van der Waals surface area contributed by atoms with Crippen molar-refractivity contribution in [3.63, 3.8) is 0 Å². The highest BCUT2D eigenvalue weighted by Crippen LogP contribution is 2.04. The lowest BCUT2D eigenvalue weighted by molar-refractivity contribution is 0.682. The van der Waals surface area contributed by atoms with Crippen molar-refractivity contribution in [3.8, 4) is 0 Å². The van der Waals surface area contributed by atoms with Gasteiger partial charge in [0.15, 0.2) is 0 Å². The van der Waals surface area contributed by atoms with E-state index in [9.17, 15) is 0 Å². The molecule has 90 valence electrons. The molecule has 3 heterocycles. The fourth-order valence-electron chi connectivity index (χ4n) is 1.91. The van der Waals surface area contributed by atoms with Crippen LogP contribution in [0.25, 0.3) is 5.65 Å². The van der Waals surface area contributed by atoms with E-state index in [0.717, 1.165) is 24.4 Å². The van der Waals surface area contributed by atoms with Crippen molar-refractivity contribution < 1.29 is 0 Å². The van der Waals surface area contributed by atoms with Gasteiger partial charge in [0.05, 0.1) is 5.69 Å². The van der Waals surface area contributed by atoms with Crippen LogP contribution in [-0.2, 0) is 13.1 Å². The molecule has 3 aromatic heterocycles. The summed E-state index contributed by atoms with van der Waals surface area (Å²) in [5.74, 6) is 0. The Morgan fingerprint density at radius 1 is 1.06 bits per heavy atom. The normalized spacial score (nSPS) is 10.9. The minimum absolute atomic E-state index is 0.768. The molecule has 0 radical (unpaired) electrons. The van der Waals surface area contributed by atoms with Crippen LogP contribution in [0.3, 0.4) is 0 Å². The van der Waals surface area contributed by atoms with Gasteiger partial charge in [-0.05, 0) is 29.8 Å². The van der Waals surface area contributed by atoms with Crippen LogP contribution in [-0.4, -0.2) is 14.4 Å². The molecule has 1 N–H and O–H groups in total. The third-order valence-corrected chi connectivity index (χ3v) is 2.80. The smallest absolute Gasteiger partial charge is 0.137 e. The fraction of sp³-hybridized carbons (Fsp3) is 0.143. The lowest BCUT2D eigenvalue weighted by Gasteiger charge is -2.01. The highest BCUT2D eigenvalue weighted by molar-refractivity contribution is 5.39. The predicted molar refractivity (Wildman–Crippen MR) is 70.0 cm³/mol. The lowest BCUT2D eigenvalue weighted by Crippen LogP contribution is -2.12. The van der Waals surface area contributed by atoms with Crippen molar-refractivity contribution >= 4 is 5.65 Å². The van der Waals surface area contributed by atoms with E-state index in [2.05, 4.69) is 21.5 Å². The molecular weight excluding hydrogens is 224 g/mol. The molecule has 3 aromatic rings. The van der Waals surface area contributed by atoms with Crippen LogP contribution in [0.2, 0.25) is 0 Å². The van der Waals surface area contributed by atoms with Crippen LogP contribution in [0.15, 0.2) is 55.1 Å². The third-order valence-electron chi connectivity index (χ3n) is 2.80. The van der Waals surface area contributed by atoms with Crippen molar-refractivity contribution in [2.75, 3.05) is 0 Å². The number of fused-ring (bicyclic) bond motifs is 1. The first kappa shape index (κ1) is 10.9. The Balaban J connectivity index is 1.63. The minimum Gasteiger partial charge on any atom is -0.307 e. The maximum atomic E-state index is 4.53. The molecule has 0 bridgehead atoms. The third kappa shape index (κ3) is 2.38. The maximum absolute atomic E-state index is 4.53. The molecule has 0 spiro atoms. The molecule has 0 atom stereocenters. The molecular formula is C14H14N4. The number of hydrogen-bond donors (Lipinski definition) is 1. The van der Waals surface area contributed by atoms with E-state index in [4.69, 9.17) is 0 Å². The van der Waals surface area contributed by atoms with Crippen LogP contribution in [0.4, 0.5) is 0 Å². The fourth-order valence-corrected chi connectivity index (χ4v) is 1.91. The Bertz CT molecular complexity index is 597. The first-order valence-corrected chi connectivity index (χ1v) is 5.94. The number of rotatable bonds is 4. The second kappa shape index (κ2) is 4.98. The quantitative estimate of drug-likeness (QED) is 0.756. The average molecular weight is 238 g/mol. The van der Waals surface area contributed by atoms with Gasteiger partial charge >= 0.3 is 0 Å². The summed E-state index contributed by atoms with van der Waals surface area (Å²) in [6.07, 6.45) is 7.67. The maximum Gasteiger partial charge on any atom is 0.137 e. The second-order valence-electron chi connectivity index (χ2n) is 4.16. The van der Waals surface area contributed by atoms with Gasteiger partial charge in [-0.25, -0.2) is 4.98 Å². The van der Waals surface area contributed by atoms with Gasteiger partial charge in [0.2, 0.25) is 0 Å². The molecule has 0 saturated carbocycles. The van der Waals surface area contributed by atoms with Gasteiger partial charge in [-0.1, -0.05) is 6.07 Å². The SMILES string of the molecule is c1ccn2cc(CNCc3ccncc3)nc2c1. The first-order valence-electron chi connectivity index (χ1n) is 5.94. The summed E-state index contributed by atoms with van der Waals surface area (Å²) < 4.78 is 2.03. The van der Waals surface area contributed by atoms with E-state index in [1.165, 1.54) is 5.56 Å². The Hall–Kier alpha value is -2.20. The van der Waals surface area contributed by atoms with E-state index < -0.39 is 0 Å². The van der Waals surface area contributed by atoms with Crippen molar-refractivity contribution in [3.05, 3.63) is 66.4 Å². The molecule has 0 unspecified atom stereocenters. The number of nitrogens with zero attached hydrogens (tertiary/aromatic N) is 3. The molecule has 0 aromatic carbocycles. The Labute approximate surface area is 105 Å². The number of nitrogens with one attached hydrogen (secondary N) is 1. The molecule has 4 nitrogen and oxygen atoms in total. The summed E-state index contributed by atoms with van der Waals surface area (Å²) in [7, 11) is 0. The second-order valence-corrected chi connectivity index (χ2v) is 4.16. The van der Waals surface area contributed by atoms with Gasteiger partial charge in [0.1, 0.15) is 5.65 Å². The van der Waals surface area contributed by atoms with Crippen LogP contribution in [0.1, 0.15) is 11.3 Å². The summed E-state index contributed by atoms with van der Waals surface area (Å²) >= 11 is 0. The largest absolute Gasteiger partial charge is 0.307 e. The topological polar surface area (TPSA) is 42.2 Å². The Kier molecular flexibility index (Phi) is 3.02. The average Bonchev–Trinajstić information content (AvgIpc) is 2.82. The van der Waals surface area contributed by atoms with E-state index in [-0.39, 0.29) is 0 Å². The van der Waals surface area contributed by atoms with E-state index >= 15 is 0 Å². The zero-order chi connectivity index (χ0) is 12.2. The first-order chi connectivity index (χ1) is 8.92. The zero-order valence-electron chi connectivity index (χ0n) is 9.95.